The molecule has 2 amide bonds. The Morgan fingerprint density at radius 1 is 1.07 bits per heavy atom. The third-order valence-electron chi connectivity index (χ3n) is 3.92. The minimum atomic E-state index is -1.04. The van der Waals surface area contributed by atoms with Gasteiger partial charge >= 0.3 is 5.97 Å². The van der Waals surface area contributed by atoms with Crippen LogP contribution in [0, 0.1) is 12.7 Å². The van der Waals surface area contributed by atoms with Crippen molar-refractivity contribution in [3.8, 4) is 5.69 Å². The maximum Gasteiger partial charge on any atom is 0.385 e. The standard InChI is InChI=1S/C18H11FN4O4/c1-10-6-11(19)8-12(7-10)22-9-15(20-21-22)18(26)27-23-16(24)13-4-2-3-5-14(13)17(23)25/h2-9H,1H3. The van der Waals surface area contributed by atoms with Crippen LogP contribution in [0.5, 0.6) is 0 Å². The molecule has 1 aliphatic rings. The van der Waals surface area contributed by atoms with Gasteiger partial charge in [0, 0.05) is 0 Å². The summed E-state index contributed by atoms with van der Waals surface area (Å²) >= 11 is 0. The highest BCUT2D eigenvalue weighted by Crippen LogP contribution is 2.23. The zero-order chi connectivity index (χ0) is 19.1. The van der Waals surface area contributed by atoms with Crippen molar-refractivity contribution in [2.75, 3.05) is 0 Å². The number of carbonyl (C=O) groups is 3. The average Bonchev–Trinajstić information content (AvgIpc) is 3.22. The minimum absolute atomic E-state index is 0.147. The van der Waals surface area contributed by atoms with Gasteiger partial charge in [0.1, 0.15) is 5.82 Å². The summed E-state index contributed by atoms with van der Waals surface area (Å²) in [6.07, 6.45) is 1.22. The maximum absolute atomic E-state index is 13.5. The highest BCUT2D eigenvalue weighted by atomic mass is 19.1. The maximum atomic E-state index is 13.5. The number of halogens is 1. The molecule has 0 spiro atoms. The second kappa shape index (κ2) is 6.13. The topological polar surface area (TPSA) is 94.4 Å². The van der Waals surface area contributed by atoms with Crippen LogP contribution in [0.3, 0.4) is 0 Å². The van der Waals surface area contributed by atoms with Crippen molar-refractivity contribution in [3.63, 3.8) is 0 Å². The average molecular weight is 366 g/mol. The van der Waals surface area contributed by atoms with Gasteiger partial charge in [0.05, 0.1) is 23.0 Å². The molecule has 0 N–H and O–H groups in total. The first-order valence-electron chi connectivity index (χ1n) is 7.84. The van der Waals surface area contributed by atoms with Crippen LogP contribution in [-0.4, -0.2) is 37.8 Å². The molecule has 134 valence electrons. The van der Waals surface area contributed by atoms with Crippen molar-refractivity contribution in [2.45, 2.75) is 6.92 Å². The number of aromatic nitrogens is 3. The number of aryl methyl sites for hydroxylation is 1. The smallest absolute Gasteiger partial charge is 0.322 e. The van der Waals surface area contributed by atoms with E-state index in [9.17, 15) is 18.8 Å². The van der Waals surface area contributed by atoms with Gasteiger partial charge in [0.2, 0.25) is 0 Å². The van der Waals surface area contributed by atoms with E-state index in [-0.39, 0.29) is 16.8 Å². The summed E-state index contributed by atoms with van der Waals surface area (Å²) in [6, 6.07) is 10.3. The molecule has 8 nitrogen and oxygen atoms in total. The number of hydrogen-bond acceptors (Lipinski definition) is 6. The number of fused-ring (bicyclic) bond motifs is 1. The number of rotatable bonds is 3. The van der Waals surface area contributed by atoms with Gasteiger partial charge in [-0.05, 0) is 42.8 Å². The number of nitrogens with zero attached hydrogens (tertiary/aromatic N) is 4. The van der Waals surface area contributed by atoms with Crippen molar-refractivity contribution in [2.24, 2.45) is 0 Å². The number of amides is 2. The molecule has 1 aliphatic heterocycles. The molecular weight excluding hydrogens is 355 g/mol. The first kappa shape index (κ1) is 16.6. The third-order valence-corrected chi connectivity index (χ3v) is 3.92. The molecule has 27 heavy (non-hydrogen) atoms. The van der Waals surface area contributed by atoms with Gasteiger partial charge in [0.25, 0.3) is 11.8 Å². The van der Waals surface area contributed by atoms with Gasteiger partial charge in [-0.25, -0.2) is 13.9 Å². The SMILES string of the molecule is Cc1cc(F)cc(-n2cc(C(=O)ON3C(=O)c4ccccc4C3=O)nn2)c1. The van der Waals surface area contributed by atoms with Gasteiger partial charge in [-0.2, -0.15) is 0 Å². The monoisotopic (exact) mass is 366 g/mol. The van der Waals surface area contributed by atoms with E-state index in [2.05, 4.69) is 10.3 Å². The van der Waals surface area contributed by atoms with E-state index in [1.807, 2.05) is 0 Å². The van der Waals surface area contributed by atoms with Crippen LogP contribution in [0.4, 0.5) is 4.39 Å². The fourth-order valence-electron chi connectivity index (χ4n) is 2.71. The second-order valence-corrected chi connectivity index (χ2v) is 5.86. The molecule has 0 saturated heterocycles. The van der Waals surface area contributed by atoms with Gasteiger partial charge in [-0.15, -0.1) is 5.10 Å². The summed E-state index contributed by atoms with van der Waals surface area (Å²) < 4.78 is 14.7. The van der Waals surface area contributed by atoms with E-state index in [4.69, 9.17) is 4.84 Å². The van der Waals surface area contributed by atoms with Gasteiger partial charge in [-0.1, -0.05) is 22.4 Å². The Morgan fingerprint density at radius 2 is 1.74 bits per heavy atom. The molecule has 0 bridgehead atoms. The van der Waals surface area contributed by atoms with Crippen LogP contribution in [0.1, 0.15) is 36.8 Å². The number of carbonyl (C=O) groups excluding carboxylic acids is 3. The first-order chi connectivity index (χ1) is 12.9. The zero-order valence-electron chi connectivity index (χ0n) is 13.9. The van der Waals surface area contributed by atoms with Crippen LogP contribution >= 0.6 is 0 Å². The van der Waals surface area contributed by atoms with Gasteiger partial charge in [-0.3, -0.25) is 9.59 Å². The Labute approximate surface area is 151 Å². The molecule has 2 heterocycles. The summed E-state index contributed by atoms with van der Waals surface area (Å²) in [7, 11) is 0. The molecule has 0 radical (unpaired) electrons. The summed E-state index contributed by atoms with van der Waals surface area (Å²) in [5, 5.41) is 7.80. The molecule has 0 fully saturated rings. The predicted octanol–water partition coefficient (Wildman–Crippen LogP) is 2.08. The summed E-state index contributed by atoms with van der Waals surface area (Å²) in [6.45, 7) is 1.71. The Balaban J connectivity index is 1.56. The van der Waals surface area contributed by atoms with Crippen molar-refractivity contribution in [1.29, 1.82) is 0 Å². The van der Waals surface area contributed by atoms with E-state index >= 15 is 0 Å². The van der Waals surface area contributed by atoms with E-state index < -0.39 is 23.6 Å². The Hall–Kier alpha value is -3.88. The predicted molar refractivity (Wildman–Crippen MR) is 88.4 cm³/mol. The molecule has 0 unspecified atom stereocenters. The number of hydrogen-bond donors (Lipinski definition) is 0. The normalized spacial score (nSPS) is 13.0. The van der Waals surface area contributed by atoms with Gasteiger partial charge in [0.15, 0.2) is 5.69 Å². The number of imide groups is 1. The van der Waals surface area contributed by atoms with Crippen LogP contribution in [-0.2, 0) is 4.84 Å². The van der Waals surface area contributed by atoms with Crippen molar-refractivity contribution in [1.82, 2.24) is 20.1 Å². The van der Waals surface area contributed by atoms with E-state index in [1.165, 1.54) is 35.1 Å². The van der Waals surface area contributed by atoms with Crippen LogP contribution < -0.4 is 0 Å². The number of benzene rings is 2. The quantitative estimate of drug-likeness (QED) is 0.659. The number of hydroxylamine groups is 2. The molecule has 9 heteroatoms. The Bertz CT molecular complexity index is 1050. The fraction of sp³-hybridized carbons (Fsp3) is 0.0556. The molecular formula is C18H11FN4O4. The lowest BCUT2D eigenvalue weighted by molar-refractivity contribution is -0.0588. The fourth-order valence-corrected chi connectivity index (χ4v) is 2.71. The molecule has 2 aromatic carbocycles. The highest BCUT2D eigenvalue weighted by Gasteiger charge is 2.39. The van der Waals surface area contributed by atoms with Crippen molar-refractivity contribution in [3.05, 3.63) is 76.9 Å². The van der Waals surface area contributed by atoms with Gasteiger partial charge < -0.3 is 4.84 Å². The lowest BCUT2D eigenvalue weighted by atomic mass is 10.1. The lowest BCUT2D eigenvalue weighted by Crippen LogP contribution is -2.32. The molecule has 0 saturated carbocycles. The zero-order valence-corrected chi connectivity index (χ0v) is 13.9. The molecule has 3 aromatic rings. The Kier molecular flexibility index (Phi) is 3.76. The van der Waals surface area contributed by atoms with Crippen molar-refractivity contribution < 1.29 is 23.6 Å². The first-order valence-corrected chi connectivity index (χ1v) is 7.84. The summed E-state index contributed by atoms with van der Waals surface area (Å²) in [5.74, 6) is -2.98. The largest absolute Gasteiger partial charge is 0.385 e. The molecule has 0 aliphatic carbocycles. The van der Waals surface area contributed by atoms with Crippen LogP contribution in [0.25, 0.3) is 5.69 Å². The lowest BCUT2D eigenvalue weighted by Gasteiger charge is -2.11. The van der Waals surface area contributed by atoms with Crippen LogP contribution in [0.15, 0.2) is 48.7 Å². The molecule has 0 atom stereocenters. The van der Waals surface area contributed by atoms with E-state index in [1.54, 1.807) is 25.1 Å². The highest BCUT2D eigenvalue weighted by molar-refractivity contribution is 6.21. The van der Waals surface area contributed by atoms with E-state index in [0.29, 0.717) is 16.3 Å². The molecule has 4 rings (SSSR count). The summed E-state index contributed by atoms with van der Waals surface area (Å²) in [5.41, 5.74) is 1.08. The van der Waals surface area contributed by atoms with Crippen molar-refractivity contribution >= 4 is 17.8 Å². The van der Waals surface area contributed by atoms with Crippen LogP contribution in [0.2, 0.25) is 0 Å². The third kappa shape index (κ3) is 2.84. The second-order valence-electron chi connectivity index (χ2n) is 5.86. The molecule has 1 aromatic heterocycles. The van der Waals surface area contributed by atoms with E-state index in [0.717, 1.165) is 0 Å². The Morgan fingerprint density at radius 3 is 2.37 bits per heavy atom. The summed E-state index contributed by atoms with van der Waals surface area (Å²) in [4.78, 5) is 41.6. The minimum Gasteiger partial charge on any atom is -0.322 e.